The molecule has 1 saturated heterocycles. The minimum Gasteiger partial charge on any atom is -0.383 e. The molecule has 0 bridgehead atoms. The average molecular weight is 192 g/mol. The van der Waals surface area contributed by atoms with Crippen LogP contribution in [0.5, 0.6) is 0 Å². The van der Waals surface area contributed by atoms with Crippen LogP contribution in [0.4, 0.5) is 5.82 Å². The van der Waals surface area contributed by atoms with Gasteiger partial charge in [0.2, 0.25) is 0 Å². The number of nitrogens with zero attached hydrogens (tertiary/aromatic N) is 1. The molecule has 0 amide bonds. The van der Waals surface area contributed by atoms with Gasteiger partial charge in [0.05, 0.1) is 6.10 Å². The summed E-state index contributed by atoms with van der Waals surface area (Å²) in [6.45, 7) is 0.924. The van der Waals surface area contributed by atoms with Gasteiger partial charge in [-0.2, -0.15) is 0 Å². The number of rotatable bonds is 3. The number of anilines is 1. The van der Waals surface area contributed by atoms with Crippen molar-refractivity contribution in [1.29, 1.82) is 0 Å². The Bertz CT molecular complexity index is 295. The van der Waals surface area contributed by atoms with Crippen LogP contribution in [0.1, 0.15) is 24.8 Å². The van der Waals surface area contributed by atoms with Crippen LogP contribution >= 0.6 is 0 Å². The second-order valence-electron chi connectivity index (χ2n) is 3.72. The van der Waals surface area contributed by atoms with Gasteiger partial charge in [0.1, 0.15) is 5.82 Å². The third-order valence-electron chi connectivity index (χ3n) is 2.69. The Morgan fingerprint density at radius 1 is 1.57 bits per heavy atom. The van der Waals surface area contributed by atoms with E-state index < -0.39 is 0 Å². The summed E-state index contributed by atoms with van der Waals surface area (Å²) in [5, 5.41) is 0. The molecule has 1 fully saturated rings. The fraction of sp³-hybridized carbons (Fsp3) is 0.545. The van der Waals surface area contributed by atoms with Gasteiger partial charge in [0.25, 0.3) is 0 Å². The molecule has 2 rings (SSSR count). The molecule has 3 heteroatoms. The van der Waals surface area contributed by atoms with Crippen LogP contribution in [0.15, 0.2) is 18.3 Å². The number of hydrogen-bond donors (Lipinski definition) is 1. The normalized spacial score (nSPS) is 21.3. The highest BCUT2D eigenvalue weighted by Crippen LogP contribution is 2.19. The quantitative estimate of drug-likeness (QED) is 0.794. The molecule has 1 aromatic rings. The monoisotopic (exact) mass is 192 g/mol. The van der Waals surface area contributed by atoms with Crippen LogP contribution in [0, 0.1) is 0 Å². The Balaban J connectivity index is 1.88. The van der Waals surface area contributed by atoms with Crippen molar-refractivity contribution in [2.24, 2.45) is 0 Å². The maximum absolute atomic E-state index is 5.75. The molecule has 1 aromatic heterocycles. The first-order valence-electron chi connectivity index (χ1n) is 5.17. The van der Waals surface area contributed by atoms with E-state index >= 15 is 0 Å². The lowest BCUT2D eigenvalue weighted by Gasteiger charge is -2.09. The van der Waals surface area contributed by atoms with Gasteiger partial charge in [-0.05, 0) is 37.3 Å². The van der Waals surface area contributed by atoms with Crippen molar-refractivity contribution in [2.75, 3.05) is 12.3 Å². The number of nitrogens with two attached hydrogens (primary N) is 1. The summed E-state index contributed by atoms with van der Waals surface area (Å²) in [5.74, 6) is 0.658. The standard InChI is InChI=1S/C11H16N2O/c12-11-9(3-1-7-13-11)5-6-10-4-2-8-14-10/h1,3,7,10H,2,4-6,8H2,(H2,12,13). The Morgan fingerprint density at radius 3 is 3.21 bits per heavy atom. The van der Waals surface area contributed by atoms with Crippen LogP contribution in [0.25, 0.3) is 0 Å². The van der Waals surface area contributed by atoms with E-state index in [0.29, 0.717) is 11.9 Å². The highest BCUT2D eigenvalue weighted by atomic mass is 16.5. The fourth-order valence-corrected chi connectivity index (χ4v) is 1.85. The summed E-state index contributed by atoms with van der Waals surface area (Å²) in [7, 11) is 0. The number of pyridine rings is 1. The first-order chi connectivity index (χ1) is 6.86. The minimum absolute atomic E-state index is 0.439. The molecular weight excluding hydrogens is 176 g/mol. The van der Waals surface area contributed by atoms with Gasteiger partial charge < -0.3 is 10.5 Å². The maximum atomic E-state index is 5.75. The van der Waals surface area contributed by atoms with Crippen molar-refractivity contribution in [3.8, 4) is 0 Å². The number of ether oxygens (including phenoxy) is 1. The zero-order chi connectivity index (χ0) is 9.80. The lowest BCUT2D eigenvalue weighted by molar-refractivity contribution is 0.104. The molecule has 0 spiro atoms. The van der Waals surface area contributed by atoms with E-state index in [2.05, 4.69) is 4.98 Å². The van der Waals surface area contributed by atoms with E-state index in [-0.39, 0.29) is 0 Å². The smallest absolute Gasteiger partial charge is 0.126 e. The SMILES string of the molecule is Nc1ncccc1CCC1CCCO1. The number of aromatic nitrogens is 1. The molecule has 1 unspecified atom stereocenters. The highest BCUT2D eigenvalue weighted by Gasteiger charge is 2.15. The van der Waals surface area contributed by atoms with E-state index in [0.717, 1.165) is 25.0 Å². The molecular formula is C11H16N2O. The lowest BCUT2D eigenvalue weighted by atomic mass is 10.1. The van der Waals surface area contributed by atoms with Crippen LogP contribution in [0.2, 0.25) is 0 Å². The zero-order valence-corrected chi connectivity index (χ0v) is 8.28. The lowest BCUT2D eigenvalue weighted by Crippen LogP contribution is -2.07. The first-order valence-corrected chi connectivity index (χ1v) is 5.17. The van der Waals surface area contributed by atoms with E-state index in [1.54, 1.807) is 6.20 Å². The molecule has 0 radical (unpaired) electrons. The van der Waals surface area contributed by atoms with Gasteiger partial charge in [0, 0.05) is 12.8 Å². The van der Waals surface area contributed by atoms with Crippen molar-refractivity contribution >= 4 is 5.82 Å². The van der Waals surface area contributed by atoms with Crippen molar-refractivity contribution in [2.45, 2.75) is 31.8 Å². The van der Waals surface area contributed by atoms with Gasteiger partial charge in [-0.15, -0.1) is 0 Å². The topological polar surface area (TPSA) is 48.1 Å². The first kappa shape index (κ1) is 9.46. The molecule has 1 atom stereocenters. The third kappa shape index (κ3) is 2.23. The van der Waals surface area contributed by atoms with E-state index in [9.17, 15) is 0 Å². The summed E-state index contributed by atoms with van der Waals surface area (Å²) in [6.07, 6.45) is 6.60. The summed E-state index contributed by atoms with van der Waals surface area (Å²) >= 11 is 0. The Labute approximate surface area is 84.3 Å². The van der Waals surface area contributed by atoms with Gasteiger partial charge in [-0.1, -0.05) is 6.07 Å². The van der Waals surface area contributed by atoms with Crippen molar-refractivity contribution in [1.82, 2.24) is 4.98 Å². The predicted octanol–water partition coefficient (Wildman–Crippen LogP) is 1.78. The molecule has 2 heterocycles. The second kappa shape index (κ2) is 4.42. The molecule has 2 N–H and O–H groups in total. The Kier molecular flexibility index (Phi) is 2.99. The van der Waals surface area contributed by atoms with Crippen molar-refractivity contribution in [3.05, 3.63) is 23.9 Å². The molecule has 0 saturated carbocycles. The Hall–Kier alpha value is -1.09. The van der Waals surface area contributed by atoms with Crippen LogP contribution in [-0.2, 0) is 11.2 Å². The summed E-state index contributed by atoms with van der Waals surface area (Å²) in [4.78, 5) is 4.06. The van der Waals surface area contributed by atoms with Gasteiger partial charge >= 0.3 is 0 Å². The third-order valence-corrected chi connectivity index (χ3v) is 2.69. The average Bonchev–Trinajstić information content (AvgIpc) is 2.69. The van der Waals surface area contributed by atoms with Crippen molar-refractivity contribution in [3.63, 3.8) is 0 Å². The molecule has 3 nitrogen and oxygen atoms in total. The maximum Gasteiger partial charge on any atom is 0.126 e. The van der Waals surface area contributed by atoms with Crippen molar-refractivity contribution < 1.29 is 4.74 Å². The van der Waals surface area contributed by atoms with E-state index in [4.69, 9.17) is 10.5 Å². The summed E-state index contributed by atoms with van der Waals surface area (Å²) < 4.78 is 5.55. The minimum atomic E-state index is 0.439. The largest absolute Gasteiger partial charge is 0.383 e. The second-order valence-corrected chi connectivity index (χ2v) is 3.72. The number of hydrogen-bond acceptors (Lipinski definition) is 3. The van der Waals surface area contributed by atoms with Crippen LogP contribution < -0.4 is 5.73 Å². The molecule has 0 aliphatic carbocycles. The van der Waals surface area contributed by atoms with Crippen LogP contribution in [-0.4, -0.2) is 17.7 Å². The van der Waals surface area contributed by atoms with Gasteiger partial charge in [-0.25, -0.2) is 4.98 Å². The molecule has 14 heavy (non-hydrogen) atoms. The van der Waals surface area contributed by atoms with Crippen LogP contribution in [0.3, 0.4) is 0 Å². The van der Waals surface area contributed by atoms with E-state index in [1.165, 1.54) is 12.8 Å². The number of nitrogen functional groups attached to an aromatic ring is 1. The molecule has 0 aromatic carbocycles. The summed E-state index contributed by atoms with van der Waals surface area (Å²) in [5.41, 5.74) is 6.90. The predicted molar refractivity (Wildman–Crippen MR) is 55.9 cm³/mol. The van der Waals surface area contributed by atoms with E-state index in [1.807, 2.05) is 12.1 Å². The number of aryl methyl sites for hydroxylation is 1. The van der Waals surface area contributed by atoms with Gasteiger partial charge in [-0.3, -0.25) is 0 Å². The highest BCUT2D eigenvalue weighted by molar-refractivity contribution is 5.38. The zero-order valence-electron chi connectivity index (χ0n) is 8.28. The summed E-state index contributed by atoms with van der Waals surface area (Å²) in [6, 6.07) is 3.97. The molecule has 1 aliphatic rings. The molecule has 1 aliphatic heterocycles. The fourth-order valence-electron chi connectivity index (χ4n) is 1.85. The van der Waals surface area contributed by atoms with Gasteiger partial charge in [0.15, 0.2) is 0 Å². The molecule has 76 valence electrons. The Morgan fingerprint density at radius 2 is 2.50 bits per heavy atom.